The Morgan fingerprint density at radius 2 is 1.76 bits per heavy atom. The average molecular weight is 635 g/mol. The van der Waals surface area contributed by atoms with E-state index in [1.165, 1.54) is 23.1 Å². The quantitative estimate of drug-likeness (QED) is 0.313. The lowest BCUT2D eigenvalue weighted by Crippen LogP contribution is -2.49. The van der Waals surface area contributed by atoms with Gasteiger partial charge >= 0.3 is 0 Å². The van der Waals surface area contributed by atoms with Crippen molar-refractivity contribution < 1.29 is 33.4 Å². The zero-order valence-electron chi connectivity index (χ0n) is 25.3. The van der Waals surface area contributed by atoms with E-state index in [-0.39, 0.29) is 46.5 Å². The summed E-state index contributed by atoms with van der Waals surface area (Å²) in [6.45, 7) is 3.89. The highest BCUT2D eigenvalue weighted by Crippen LogP contribution is 2.64. The smallest absolute Gasteiger partial charge is 0.241 e. The van der Waals surface area contributed by atoms with Crippen molar-refractivity contribution in [3.05, 3.63) is 64.5 Å². The lowest BCUT2D eigenvalue weighted by Gasteiger charge is -2.49. The lowest BCUT2D eigenvalue weighted by molar-refractivity contribution is -0.144. The summed E-state index contributed by atoms with van der Waals surface area (Å²) in [5.74, 6) is -4.69. The molecule has 2 aromatic carbocycles. The maximum absolute atomic E-state index is 14.5. The average Bonchev–Trinajstić information content (AvgIpc) is 3.40. The maximum atomic E-state index is 14.5. The van der Waals surface area contributed by atoms with Crippen molar-refractivity contribution in [3.63, 3.8) is 0 Å². The number of rotatable bonds is 5. The minimum absolute atomic E-state index is 0.0524. The van der Waals surface area contributed by atoms with Crippen LogP contribution in [-0.2, 0) is 19.2 Å². The molecule has 0 aromatic heterocycles. The number of phenolic OH excluding ortho intramolecular Hbond substituents is 1. The topological polar surface area (TPSA) is 104 Å². The fourth-order valence-corrected chi connectivity index (χ4v) is 9.15. The number of anilines is 1. The van der Waals surface area contributed by atoms with Crippen molar-refractivity contribution in [1.29, 1.82) is 0 Å². The molecule has 2 aliphatic heterocycles. The number of benzene rings is 2. The van der Waals surface area contributed by atoms with Crippen LogP contribution in [0.4, 0.5) is 10.1 Å². The Kier molecular flexibility index (Phi) is 7.30. The molecule has 2 aromatic rings. The first-order valence-corrected chi connectivity index (χ1v) is 16.3. The molecule has 6 atom stereocenters. The van der Waals surface area contributed by atoms with Gasteiger partial charge in [-0.2, -0.15) is 0 Å². The Morgan fingerprint density at radius 3 is 2.47 bits per heavy atom. The van der Waals surface area contributed by atoms with Gasteiger partial charge in [0.15, 0.2) is 11.5 Å². The minimum atomic E-state index is -1.28. The van der Waals surface area contributed by atoms with Crippen molar-refractivity contribution in [2.75, 3.05) is 11.5 Å². The third kappa shape index (κ3) is 4.37. The van der Waals surface area contributed by atoms with Crippen LogP contribution in [0.2, 0.25) is 5.02 Å². The molecule has 4 fully saturated rings. The fraction of sp³-hybridized carbons (Fsp3) is 0.486. The minimum Gasteiger partial charge on any atom is -0.504 e. The number of allylic oxidation sites excluding steroid dienone is 2. The number of carbonyl (C=O) groups excluding carboxylic acids is 4. The summed E-state index contributed by atoms with van der Waals surface area (Å²) in [5.41, 5.74) is 0.425. The summed E-state index contributed by atoms with van der Waals surface area (Å²) in [6.07, 6.45) is 7.28. The third-order valence-corrected chi connectivity index (χ3v) is 11.3. The van der Waals surface area contributed by atoms with E-state index in [2.05, 4.69) is 0 Å². The monoisotopic (exact) mass is 634 g/mol. The Labute approximate surface area is 266 Å². The molecule has 2 heterocycles. The number of fused-ring (bicyclic) bond motifs is 4. The van der Waals surface area contributed by atoms with Crippen LogP contribution in [0.5, 0.6) is 11.5 Å². The molecule has 7 rings (SSSR count). The summed E-state index contributed by atoms with van der Waals surface area (Å²) in [6, 6.07) is 8.62. The van der Waals surface area contributed by atoms with E-state index in [0.717, 1.165) is 48.6 Å². The van der Waals surface area contributed by atoms with E-state index in [1.54, 1.807) is 26.0 Å². The van der Waals surface area contributed by atoms with Crippen LogP contribution < -0.4 is 9.64 Å². The van der Waals surface area contributed by atoms with Gasteiger partial charge in [-0.1, -0.05) is 48.6 Å². The SMILES string of the molecule is CCOc1cc([C@H]2C3=CC[C@@H]4C(=O)N(C5CCCCC5)C(=O)[C@@H]4[C@@H]3C[C@H]3C(=O)N(c4ccc(F)c(Cl)c4)C(=O)[C@@]23C)ccc1O. The van der Waals surface area contributed by atoms with Crippen molar-refractivity contribution in [3.8, 4) is 11.5 Å². The standard InChI is InChI=1S/C35H36ClFN2O6/c1-3-45-28-15-18(9-14-27(28)40)30-21-11-12-22-29(33(43)38(31(22)41)19-7-5-4-6-8-19)23(21)17-24-32(42)39(34(44)35(24,30)2)20-10-13-26(37)25(36)16-20/h9-11,13-16,19,22-24,29-30,40H,3-8,12,17H2,1-2H3/t22-,23+,24-,29-,30-,35+/m0/s1. The van der Waals surface area contributed by atoms with Gasteiger partial charge in [0, 0.05) is 12.0 Å². The molecule has 0 radical (unpaired) electrons. The number of hydrogen-bond acceptors (Lipinski definition) is 6. The van der Waals surface area contributed by atoms with Crippen molar-refractivity contribution in [2.45, 2.75) is 70.8 Å². The van der Waals surface area contributed by atoms with E-state index in [9.17, 15) is 28.7 Å². The number of amides is 4. The molecule has 45 heavy (non-hydrogen) atoms. The van der Waals surface area contributed by atoms with Gasteiger partial charge in [-0.15, -0.1) is 0 Å². The van der Waals surface area contributed by atoms with Crippen LogP contribution in [0, 0.1) is 34.9 Å². The predicted octanol–water partition coefficient (Wildman–Crippen LogP) is 6.15. The van der Waals surface area contributed by atoms with Crippen LogP contribution in [0.25, 0.3) is 0 Å². The zero-order valence-corrected chi connectivity index (χ0v) is 26.1. The Hall–Kier alpha value is -3.72. The molecule has 2 saturated carbocycles. The number of nitrogens with zero attached hydrogens (tertiary/aromatic N) is 2. The number of imide groups is 2. The second-order valence-electron chi connectivity index (χ2n) is 13.3. The second kappa shape index (κ2) is 11.0. The predicted molar refractivity (Wildman–Crippen MR) is 164 cm³/mol. The molecule has 4 amide bonds. The maximum Gasteiger partial charge on any atom is 0.241 e. The van der Waals surface area contributed by atoms with E-state index in [1.807, 2.05) is 6.08 Å². The molecule has 0 bridgehead atoms. The number of halogens is 2. The highest BCUT2D eigenvalue weighted by molar-refractivity contribution is 6.31. The van der Waals surface area contributed by atoms with Gasteiger partial charge in [-0.25, -0.2) is 9.29 Å². The molecule has 10 heteroatoms. The number of hydrogen-bond donors (Lipinski definition) is 1. The molecule has 3 aliphatic carbocycles. The first-order chi connectivity index (χ1) is 21.6. The highest BCUT2D eigenvalue weighted by atomic mass is 35.5. The molecule has 5 aliphatic rings. The van der Waals surface area contributed by atoms with Gasteiger partial charge in [0.2, 0.25) is 23.6 Å². The largest absolute Gasteiger partial charge is 0.504 e. The summed E-state index contributed by atoms with van der Waals surface area (Å²) >= 11 is 6.08. The van der Waals surface area contributed by atoms with E-state index >= 15 is 0 Å². The van der Waals surface area contributed by atoms with Gasteiger partial charge in [-0.3, -0.25) is 24.1 Å². The Balaban J connectivity index is 1.36. The number of carbonyl (C=O) groups is 4. The zero-order chi connectivity index (χ0) is 31.8. The molecule has 236 valence electrons. The second-order valence-corrected chi connectivity index (χ2v) is 13.7. The van der Waals surface area contributed by atoms with Crippen LogP contribution in [0.15, 0.2) is 48.0 Å². The van der Waals surface area contributed by atoms with Gasteiger partial charge in [0.25, 0.3) is 0 Å². The van der Waals surface area contributed by atoms with Crippen LogP contribution in [0.1, 0.15) is 70.3 Å². The summed E-state index contributed by atoms with van der Waals surface area (Å²) in [4.78, 5) is 59.5. The van der Waals surface area contributed by atoms with Gasteiger partial charge in [0.1, 0.15) is 5.82 Å². The number of phenols is 1. The molecule has 0 unspecified atom stereocenters. The van der Waals surface area contributed by atoms with Gasteiger partial charge in [-0.05, 0) is 81.3 Å². The van der Waals surface area contributed by atoms with E-state index < -0.39 is 52.6 Å². The van der Waals surface area contributed by atoms with Crippen molar-refractivity contribution in [1.82, 2.24) is 4.90 Å². The highest BCUT2D eigenvalue weighted by Gasteiger charge is 2.67. The molecule has 0 spiro atoms. The fourth-order valence-electron chi connectivity index (χ4n) is 8.97. The van der Waals surface area contributed by atoms with Crippen molar-refractivity contribution >= 4 is 40.9 Å². The lowest BCUT2D eigenvalue weighted by atomic mass is 9.51. The van der Waals surface area contributed by atoms with Gasteiger partial charge in [0.05, 0.1) is 40.5 Å². The van der Waals surface area contributed by atoms with Crippen LogP contribution in [0.3, 0.4) is 0 Å². The van der Waals surface area contributed by atoms with Crippen molar-refractivity contribution in [2.24, 2.45) is 29.1 Å². The molecular weight excluding hydrogens is 599 g/mol. The Bertz CT molecular complexity index is 1650. The number of likely N-dealkylation sites (tertiary alicyclic amines) is 1. The van der Waals surface area contributed by atoms with Gasteiger partial charge < -0.3 is 9.84 Å². The Morgan fingerprint density at radius 1 is 1.00 bits per heavy atom. The van der Waals surface area contributed by atoms with E-state index in [4.69, 9.17) is 16.3 Å². The molecule has 1 N–H and O–H groups in total. The number of aromatic hydroxyl groups is 1. The van der Waals surface area contributed by atoms with Crippen LogP contribution >= 0.6 is 11.6 Å². The van der Waals surface area contributed by atoms with Crippen LogP contribution in [-0.4, -0.2) is 46.3 Å². The summed E-state index contributed by atoms with van der Waals surface area (Å²) < 4.78 is 19.8. The first kappa shape index (κ1) is 30.0. The third-order valence-electron chi connectivity index (χ3n) is 11.0. The first-order valence-electron chi connectivity index (χ1n) is 15.9. The number of ether oxygens (including phenoxy) is 1. The molecule has 8 nitrogen and oxygen atoms in total. The van der Waals surface area contributed by atoms with E-state index in [0.29, 0.717) is 18.6 Å². The molecule has 2 saturated heterocycles. The normalized spacial score (nSPS) is 31.6. The summed E-state index contributed by atoms with van der Waals surface area (Å²) in [5, 5.41) is 10.3. The molecular formula is C35H36ClFN2O6. The summed E-state index contributed by atoms with van der Waals surface area (Å²) in [7, 11) is 0.